The van der Waals surface area contributed by atoms with Crippen LogP contribution < -0.4 is 4.72 Å². The third-order valence-electron chi connectivity index (χ3n) is 1.79. The number of halogens is 1. The number of nitrogens with zero attached hydrogens (tertiary/aromatic N) is 1. The van der Waals surface area contributed by atoms with Crippen LogP contribution in [0.5, 0.6) is 0 Å². The van der Waals surface area contributed by atoms with Gasteiger partial charge >= 0.3 is 0 Å². The maximum absolute atomic E-state index is 5.87. The molecular formula is C9H9ClN2S. The van der Waals surface area contributed by atoms with Gasteiger partial charge in [-0.1, -0.05) is 18.5 Å². The predicted octanol–water partition coefficient (Wildman–Crippen LogP) is 3.39. The molecule has 0 radical (unpaired) electrons. The Morgan fingerprint density at radius 1 is 1.54 bits per heavy atom. The molecular weight excluding hydrogens is 204 g/mol. The highest BCUT2D eigenvalue weighted by molar-refractivity contribution is 7.98. The van der Waals surface area contributed by atoms with Crippen LogP contribution in [-0.4, -0.2) is 5.84 Å². The molecule has 0 amide bonds. The Hall–Kier alpha value is -0.670. The Morgan fingerprint density at radius 2 is 2.38 bits per heavy atom. The summed E-state index contributed by atoms with van der Waals surface area (Å²) in [6, 6.07) is 5.74. The van der Waals surface area contributed by atoms with Crippen LogP contribution in [-0.2, 0) is 0 Å². The third-order valence-corrected chi connectivity index (χ3v) is 2.93. The zero-order valence-corrected chi connectivity index (χ0v) is 8.75. The molecule has 1 aromatic carbocycles. The normalized spacial score (nSPS) is 14.5. The van der Waals surface area contributed by atoms with Crippen molar-refractivity contribution in [3.8, 4) is 0 Å². The lowest BCUT2D eigenvalue weighted by Crippen LogP contribution is -2.16. The highest BCUT2D eigenvalue weighted by Gasteiger charge is 2.10. The van der Waals surface area contributed by atoms with Crippen molar-refractivity contribution < 1.29 is 0 Å². The van der Waals surface area contributed by atoms with Gasteiger partial charge in [0.1, 0.15) is 5.84 Å². The molecule has 0 aromatic heterocycles. The summed E-state index contributed by atoms with van der Waals surface area (Å²) in [7, 11) is 0. The first-order valence-electron chi connectivity index (χ1n) is 4.09. The molecule has 2 nitrogen and oxygen atoms in total. The fourth-order valence-corrected chi connectivity index (χ4v) is 2.03. The van der Waals surface area contributed by atoms with Gasteiger partial charge in [0.25, 0.3) is 0 Å². The second kappa shape index (κ2) is 3.60. The van der Waals surface area contributed by atoms with Gasteiger partial charge in [0.05, 0.1) is 10.6 Å². The van der Waals surface area contributed by atoms with Crippen molar-refractivity contribution in [2.75, 3.05) is 0 Å². The van der Waals surface area contributed by atoms with Crippen molar-refractivity contribution >= 4 is 35.1 Å². The Morgan fingerprint density at radius 3 is 3.15 bits per heavy atom. The lowest BCUT2D eigenvalue weighted by molar-refractivity contribution is 1.17. The topological polar surface area (TPSA) is 24.4 Å². The van der Waals surface area contributed by atoms with Crippen molar-refractivity contribution in [3.05, 3.63) is 23.2 Å². The maximum atomic E-state index is 5.87. The van der Waals surface area contributed by atoms with E-state index in [-0.39, 0.29) is 0 Å². The summed E-state index contributed by atoms with van der Waals surface area (Å²) in [5.41, 5.74) is 0.966. The summed E-state index contributed by atoms with van der Waals surface area (Å²) in [6.07, 6.45) is 0.916. The molecule has 0 spiro atoms. The molecule has 0 bridgehead atoms. The van der Waals surface area contributed by atoms with Gasteiger partial charge in [-0.3, -0.25) is 0 Å². The van der Waals surface area contributed by atoms with Crippen LogP contribution in [0.4, 0.5) is 5.69 Å². The number of hydrogen-bond donors (Lipinski definition) is 1. The van der Waals surface area contributed by atoms with E-state index in [0.717, 1.165) is 27.9 Å². The summed E-state index contributed by atoms with van der Waals surface area (Å²) in [4.78, 5) is 5.55. The monoisotopic (exact) mass is 212 g/mol. The van der Waals surface area contributed by atoms with Gasteiger partial charge in [0, 0.05) is 11.4 Å². The van der Waals surface area contributed by atoms with E-state index < -0.39 is 0 Å². The molecule has 1 heterocycles. The minimum absolute atomic E-state index is 0.737. The number of benzene rings is 1. The molecule has 13 heavy (non-hydrogen) atoms. The third kappa shape index (κ3) is 1.81. The van der Waals surface area contributed by atoms with Crippen LogP contribution in [0.2, 0.25) is 5.02 Å². The van der Waals surface area contributed by atoms with Crippen LogP contribution in [0.25, 0.3) is 0 Å². The Kier molecular flexibility index (Phi) is 2.47. The highest BCUT2D eigenvalue weighted by Crippen LogP contribution is 2.33. The minimum atomic E-state index is 0.737. The van der Waals surface area contributed by atoms with Crippen LogP contribution in [0.3, 0.4) is 0 Å². The molecule has 0 saturated carbocycles. The fourth-order valence-electron chi connectivity index (χ4n) is 1.10. The molecule has 2 rings (SSSR count). The van der Waals surface area contributed by atoms with Gasteiger partial charge in [0.15, 0.2) is 0 Å². The lowest BCUT2D eigenvalue weighted by Gasteiger charge is -2.15. The smallest absolute Gasteiger partial charge is 0.112 e. The van der Waals surface area contributed by atoms with Crippen LogP contribution >= 0.6 is 23.5 Å². The average Bonchev–Trinajstić information content (AvgIpc) is 2.16. The number of amidine groups is 1. The highest BCUT2D eigenvalue weighted by atomic mass is 35.5. The molecule has 1 aliphatic rings. The number of hydrogen-bond acceptors (Lipinski definition) is 3. The largest absolute Gasteiger partial charge is 0.314 e. The second-order valence-corrected chi connectivity index (χ2v) is 4.01. The quantitative estimate of drug-likeness (QED) is 0.722. The van der Waals surface area contributed by atoms with Gasteiger partial charge in [-0.15, -0.1) is 0 Å². The van der Waals surface area contributed by atoms with Crippen molar-refractivity contribution in [2.24, 2.45) is 4.99 Å². The summed E-state index contributed by atoms with van der Waals surface area (Å²) in [6.45, 7) is 2.07. The summed E-state index contributed by atoms with van der Waals surface area (Å²) >= 11 is 7.46. The Balaban J connectivity index is 2.44. The number of aliphatic imine (C=N–C) groups is 1. The van der Waals surface area contributed by atoms with E-state index in [2.05, 4.69) is 16.6 Å². The van der Waals surface area contributed by atoms with Crippen LogP contribution in [0, 0.1) is 0 Å². The van der Waals surface area contributed by atoms with E-state index in [9.17, 15) is 0 Å². The molecule has 0 fully saturated rings. The van der Waals surface area contributed by atoms with Crippen molar-refractivity contribution in [1.82, 2.24) is 4.72 Å². The summed E-state index contributed by atoms with van der Waals surface area (Å²) in [5, 5.41) is 0.737. The standard InChI is InChI=1S/C9H9ClN2S/c1-2-9-11-7-5-6(10)3-4-8(7)13-12-9/h3-5H,2H2,1H3,(H,11,12). The van der Waals surface area contributed by atoms with E-state index in [0.29, 0.717) is 0 Å². The molecule has 0 atom stereocenters. The van der Waals surface area contributed by atoms with Gasteiger partial charge in [-0.05, 0) is 30.1 Å². The Labute approximate surface area is 86.5 Å². The van der Waals surface area contributed by atoms with E-state index in [1.54, 1.807) is 11.9 Å². The second-order valence-electron chi connectivity index (χ2n) is 2.73. The average molecular weight is 213 g/mol. The zero-order chi connectivity index (χ0) is 9.26. The first kappa shape index (κ1) is 8.91. The van der Waals surface area contributed by atoms with E-state index >= 15 is 0 Å². The number of nitrogens with one attached hydrogen (secondary N) is 1. The minimum Gasteiger partial charge on any atom is -0.314 e. The van der Waals surface area contributed by atoms with Gasteiger partial charge < -0.3 is 4.72 Å². The molecule has 4 heteroatoms. The van der Waals surface area contributed by atoms with Crippen LogP contribution in [0.15, 0.2) is 28.1 Å². The van der Waals surface area contributed by atoms with Gasteiger partial charge in [-0.25, -0.2) is 4.99 Å². The Bertz CT molecular complexity index is 363. The van der Waals surface area contributed by atoms with E-state index in [1.165, 1.54) is 0 Å². The SMILES string of the molecule is CCC1=Nc2cc(Cl)ccc2SN1. The molecule has 68 valence electrons. The predicted molar refractivity (Wildman–Crippen MR) is 57.8 cm³/mol. The van der Waals surface area contributed by atoms with E-state index in [4.69, 9.17) is 11.6 Å². The van der Waals surface area contributed by atoms with Crippen molar-refractivity contribution in [1.29, 1.82) is 0 Å². The van der Waals surface area contributed by atoms with Gasteiger partial charge in [-0.2, -0.15) is 0 Å². The summed E-state index contributed by atoms with van der Waals surface area (Å²) in [5.74, 6) is 1.000. The van der Waals surface area contributed by atoms with Crippen molar-refractivity contribution in [3.63, 3.8) is 0 Å². The maximum Gasteiger partial charge on any atom is 0.112 e. The van der Waals surface area contributed by atoms with E-state index in [1.807, 2.05) is 18.2 Å². The molecule has 1 aromatic rings. The zero-order valence-electron chi connectivity index (χ0n) is 7.17. The molecule has 0 unspecified atom stereocenters. The van der Waals surface area contributed by atoms with Gasteiger partial charge in [0.2, 0.25) is 0 Å². The lowest BCUT2D eigenvalue weighted by atomic mass is 10.3. The molecule has 1 aliphatic heterocycles. The van der Waals surface area contributed by atoms with Crippen molar-refractivity contribution in [2.45, 2.75) is 18.2 Å². The molecule has 0 aliphatic carbocycles. The number of fused-ring (bicyclic) bond motifs is 1. The fraction of sp³-hybridized carbons (Fsp3) is 0.222. The van der Waals surface area contributed by atoms with Crippen LogP contribution in [0.1, 0.15) is 13.3 Å². The summed E-state index contributed by atoms with van der Waals surface area (Å²) < 4.78 is 3.17. The first-order chi connectivity index (χ1) is 6.29. The first-order valence-corrected chi connectivity index (χ1v) is 5.29. The molecule has 0 saturated heterocycles. The number of rotatable bonds is 1. The molecule has 1 N–H and O–H groups in total.